The van der Waals surface area contributed by atoms with Crippen molar-refractivity contribution in [2.75, 3.05) is 0 Å². The maximum absolute atomic E-state index is 13.4. The van der Waals surface area contributed by atoms with Crippen molar-refractivity contribution in [2.45, 2.75) is 29.3 Å². The molecule has 0 bridgehead atoms. The number of rotatable bonds is 4. The van der Waals surface area contributed by atoms with Crippen molar-refractivity contribution in [3.63, 3.8) is 0 Å². The third kappa shape index (κ3) is 3.28. The lowest BCUT2D eigenvalue weighted by Gasteiger charge is -2.10. The molecule has 21 heavy (non-hydrogen) atoms. The van der Waals surface area contributed by atoms with Crippen molar-refractivity contribution in [3.8, 4) is 0 Å². The normalized spacial score (nSPS) is 12.7. The zero-order chi connectivity index (χ0) is 14.8. The van der Waals surface area contributed by atoms with Gasteiger partial charge in [0.15, 0.2) is 0 Å². The van der Waals surface area contributed by atoms with Gasteiger partial charge in [-0.2, -0.15) is 0 Å². The van der Waals surface area contributed by atoms with E-state index in [0.717, 1.165) is 21.0 Å². The third-order valence-corrected chi connectivity index (χ3v) is 4.35. The summed E-state index contributed by atoms with van der Waals surface area (Å²) >= 11 is 1.61. The highest BCUT2D eigenvalue weighted by molar-refractivity contribution is 7.99. The monoisotopic (exact) mass is 300 g/mol. The minimum atomic E-state index is -0.216. The lowest BCUT2D eigenvalue weighted by Crippen LogP contribution is -2.18. The molecule has 1 heterocycles. The second kappa shape index (κ2) is 5.92. The molecule has 1 atom stereocenters. The van der Waals surface area contributed by atoms with Crippen LogP contribution in [0.4, 0.5) is 4.39 Å². The smallest absolute Gasteiger partial charge is 0.123 e. The number of aromatic nitrogens is 1. The van der Waals surface area contributed by atoms with E-state index < -0.39 is 0 Å². The van der Waals surface area contributed by atoms with Crippen molar-refractivity contribution in [3.05, 3.63) is 59.9 Å². The summed E-state index contributed by atoms with van der Waals surface area (Å²) < 4.78 is 13.4. The molecule has 0 amide bonds. The topological polar surface area (TPSA) is 41.8 Å². The van der Waals surface area contributed by atoms with Crippen LogP contribution in [0.3, 0.4) is 0 Å². The lowest BCUT2D eigenvalue weighted by molar-refractivity contribution is 0.620. The van der Waals surface area contributed by atoms with Gasteiger partial charge in [-0.25, -0.2) is 4.39 Å². The SMILES string of the molecule is CC(N)Cc1cc(F)ccc1Sc1cc2ccccc2[nH]1. The second-order valence-corrected chi connectivity index (χ2v) is 6.34. The molecule has 3 aromatic rings. The van der Waals surface area contributed by atoms with E-state index in [1.54, 1.807) is 17.8 Å². The molecular weight excluding hydrogens is 283 g/mol. The van der Waals surface area contributed by atoms with Crippen LogP contribution in [0.25, 0.3) is 10.9 Å². The van der Waals surface area contributed by atoms with E-state index >= 15 is 0 Å². The number of halogens is 1. The van der Waals surface area contributed by atoms with Gasteiger partial charge in [0, 0.05) is 21.8 Å². The predicted molar refractivity (Wildman–Crippen MR) is 86.2 cm³/mol. The molecule has 2 nitrogen and oxygen atoms in total. The van der Waals surface area contributed by atoms with Crippen LogP contribution in [-0.2, 0) is 6.42 Å². The van der Waals surface area contributed by atoms with Crippen molar-refractivity contribution in [1.82, 2.24) is 4.98 Å². The Bertz CT molecular complexity index is 731. The van der Waals surface area contributed by atoms with Crippen LogP contribution in [0.2, 0.25) is 0 Å². The number of benzene rings is 2. The summed E-state index contributed by atoms with van der Waals surface area (Å²) in [4.78, 5) is 4.42. The molecule has 2 aromatic carbocycles. The third-order valence-electron chi connectivity index (χ3n) is 3.29. The molecule has 108 valence electrons. The average Bonchev–Trinajstić information content (AvgIpc) is 2.83. The van der Waals surface area contributed by atoms with Gasteiger partial charge in [-0.05, 0) is 49.2 Å². The summed E-state index contributed by atoms with van der Waals surface area (Å²) in [5, 5.41) is 2.23. The molecule has 3 rings (SSSR count). The van der Waals surface area contributed by atoms with Gasteiger partial charge in [0.25, 0.3) is 0 Å². The van der Waals surface area contributed by atoms with Crippen LogP contribution >= 0.6 is 11.8 Å². The van der Waals surface area contributed by atoms with Crippen molar-refractivity contribution in [2.24, 2.45) is 5.73 Å². The van der Waals surface area contributed by atoms with Crippen LogP contribution in [0, 0.1) is 5.82 Å². The van der Waals surface area contributed by atoms with Gasteiger partial charge in [0.1, 0.15) is 5.82 Å². The molecule has 0 radical (unpaired) electrons. The summed E-state index contributed by atoms with van der Waals surface area (Å²) in [6, 6.07) is 15.2. The van der Waals surface area contributed by atoms with Crippen molar-refractivity contribution >= 4 is 22.7 Å². The largest absolute Gasteiger partial charge is 0.349 e. The fourth-order valence-electron chi connectivity index (χ4n) is 2.37. The van der Waals surface area contributed by atoms with Gasteiger partial charge in [0.2, 0.25) is 0 Å². The van der Waals surface area contributed by atoms with E-state index in [0.29, 0.717) is 6.42 Å². The number of fused-ring (bicyclic) bond motifs is 1. The predicted octanol–water partition coefficient (Wildman–Crippen LogP) is 4.35. The number of para-hydroxylation sites is 1. The molecule has 1 aromatic heterocycles. The minimum Gasteiger partial charge on any atom is -0.349 e. The first kappa shape index (κ1) is 14.2. The lowest BCUT2D eigenvalue weighted by atomic mass is 10.1. The van der Waals surface area contributed by atoms with Gasteiger partial charge in [-0.3, -0.25) is 0 Å². The van der Waals surface area contributed by atoms with Crippen LogP contribution < -0.4 is 5.73 Å². The fraction of sp³-hybridized carbons (Fsp3) is 0.176. The highest BCUT2D eigenvalue weighted by atomic mass is 32.2. The summed E-state index contributed by atoms with van der Waals surface area (Å²) in [6.45, 7) is 1.93. The summed E-state index contributed by atoms with van der Waals surface area (Å²) in [7, 11) is 0. The Morgan fingerprint density at radius 2 is 2.00 bits per heavy atom. The van der Waals surface area contributed by atoms with Gasteiger partial charge in [0.05, 0.1) is 5.03 Å². The second-order valence-electron chi connectivity index (χ2n) is 5.26. The summed E-state index contributed by atoms with van der Waals surface area (Å²) in [5.74, 6) is -0.216. The Labute approximate surface area is 127 Å². The Kier molecular flexibility index (Phi) is 3.99. The Morgan fingerprint density at radius 1 is 1.19 bits per heavy atom. The number of nitrogens with one attached hydrogen (secondary N) is 1. The number of aromatic amines is 1. The Morgan fingerprint density at radius 3 is 2.76 bits per heavy atom. The number of nitrogens with two attached hydrogens (primary N) is 1. The molecule has 0 aliphatic carbocycles. The first-order valence-corrected chi connectivity index (χ1v) is 7.73. The average molecular weight is 300 g/mol. The first-order valence-electron chi connectivity index (χ1n) is 6.91. The molecule has 0 saturated heterocycles. The Balaban J connectivity index is 1.93. The summed E-state index contributed by atoms with van der Waals surface area (Å²) in [5.41, 5.74) is 7.92. The molecule has 0 aliphatic heterocycles. The van der Waals surface area contributed by atoms with E-state index in [4.69, 9.17) is 5.73 Å². The molecule has 3 N–H and O–H groups in total. The molecule has 1 unspecified atom stereocenters. The maximum Gasteiger partial charge on any atom is 0.123 e. The van der Waals surface area contributed by atoms with Gasteiger partial charge in [-0.1, -0.05) is 30.0 Å². The van der Waals surface area contributed by atoms with Crippen LogP contribution in [-0.4, -0.2) is 11.0 Å². The maximum atomic E-state index is 13.4. The standard InChI is InChI=1S/C17H17FN2S/c1-11(19)8-13-9-14(18)6-7-16(13)21-17-10-12-4-2-3-5-15(12)20-17/h2-7,9-11,20H,8,19H2,1H3. The van der Waals surface area contributed by atoms with E-state index in [9.17, 15) is 4.39 Å². The van der Waals surface area contributed by atoms with E-state index in [1.165, 1.54) is 11.5 Å². The number of hydrogen-bond donors (Lipinski definition) is 2. The zero-order valence-electron chi connectivity index (χ0n) is 11.8. The summed E-state index contributed by atoms with van der Waals surface area (Å²) in [6.07, 6.45) is 0.667. The minimum absolute atomic E-state index is 0.00821. The quantitative estimate of drug-likeness (QED) is 0.752. The first-order chi connectivity index (χ1) is 10.1. The Hall–Kier alpha value is -1.78. The van der Waals surface area contributed by atoms with Gasteiger partial charge in [-0.15, -0.1) is 0 Å². The van der Waals surface area contributed by atoms with Gasteiger partial charge >= 0.3 is 0 Å². The van der Waals surface area contributed by atoms with Gasteiger partial charge < -0.3 is 10.7 Å². The highest BCUT2D eigenvalue weighted by Crippen LogP contribution is 2.32. The zero-order valence-corrected chi connectivity index (χ0v) is 12.6. The molecule has 4 heteroatoms. The number of H-pyrrole nitrogens is 1. The molecular formula is C17H17FN2S. The molecule has 0 saturated carbocycles. The van der Waals surface area contributed by atoms with Crippen LogP contribution in [0.15, 0.2) is 58.5 Å². The number of hydrogen-bond acceptors (Lipinski definition) is 2. The van der Waals surface area contributed by atoms with E-state index in [-0.39, 0.29) is 11.9 Å². The van der Waals surface area contributed by atoms with Crippen molar-refractivity contribution in [1.29, 1.82) is 0 Å². The molecule has 0 aliphatic rings. The molecule has 0 fully saturated rings. The fourth-order valence-corrected chi connectivity index (χ4v) is 3.37. The highest BCUT2D eigenvalue weighted by Gasteiger charge is 2.10. The van der Waals surface area contributed by atoms with Crippen LogP contribution in [0.5, 0.6) is 0 Å². The van der Waals surface area contributed by atoms with E-state index in [1.807, 2.05) is 31.2 Å². The van der Waals surface area contributed by atoms with Crippen LogP contribution in [0.1, 0.15) is 12.5 Å². The van der Waals surface area contributed by atoms with E-state index in [2.05, 4.69) is 17.1 Å². The molecule has 0 spiro atoms. The van der Waals surface area contributed by atoms with Crippen molar-refractivity contribution < 1.29 is 4.39 Å².